The lowest BCUT2D eigenvalue weighted by Gasteiger charge is -2.30. The van der Waals surface area contributed by atoms with E-state index in [4.69, 9.17) is 4.74 Å². The molecule has 29 heavy (non-hydrogen) atoms. The van der Waals surface area contributed by atoms with Crippen LogP contribution in [0.1, 0.15) is 56.6 Å². The van der Waals surface area contributed by atoms with Crippen molar-refractivity contribution in [3.05, 3.63) is 15.6 Å². The predicted molar refractivity (Wildman–Crippen MR) is 133 cm³/mol. The van der Waals surface area contributed by atoms with Gasteiger partial charge in [-0.2, -0.15) is 0 Å². The van der Waals surface area contributed by atoms with Gasteiger partial charge in [0.2, 0.25) is 0 Å². The molecule has 0 saturated heterocycles. The van der Waals surface area contributed by atoms with Crippen LogP contribution in [0.5, 0.6) is 0 Å². The van der Waals surface area contributed by atoms with Gasteiger partial charge < -0.3 is 20.3 Å². The Bertz CT molecular complexity index is 636. The number of guanidine groups is 1. The van der Waals surface area contributed by atoms with Crippen molar-refractivity contribution in [1.82, 2.24) is 20.5 Å². The molecule has 9 heteroatoms. The number of nitrogens with zero attached hydrogens (tertiary/aromatic N) is 3. The maximum absolute atomic E-state index is 12.3. The minimum absolute atomic E-state index is 0. The van der Waals surface area contributed by atoms with Gasteiger partial charge in [0.05, 0.1) is 10.7 Å². The van der Waals surface area contributed by atoms with Gasteiger partial charge in [-0.25, -0.2) is 9.78 Å². The predicted octanol–water partition coefficient (Wildman–Crippen LogP) is 4.12. The molecule has 1 heterocycles. The third kappa shape index (κ3) is 11.0. The van der Waals surface area contributed by atoms with Crippen LogP contribution in [-0.4, -0.2) is 60.3 Å². The molecule has 1 amide bonds. The van der Waals surface area contributed by atoms with E-state index in [1.165, 1.54) is 4.88 Å². The molecule has 0 fully saturated rings. The molecule has 0 unspecified atom stereocenters. The molecule has 0 spiro atoms. The Balaban J connectivity index is 0.00000784. The molecule has 1 aromatic rings. The topological polar surface area (TPSA) is 78.9 Å². The lowest BCUT2D eigenvalue weighted by Crippen LogP contribution is -2.43. The highest BCUT2D eigenvalue weighted by Gasteiger charge is 2.23. The summed E-state index contributed by atoms with van der Waals surface area (Å²) in [4.78, 5) is 24.2. The number of aryl methyl sites for hydroxylation is 2. The number of carbonyl (C=O) groups excluding carboxylic acids is 1. The number of hydrogen-bond acceptors (Lipinski definition) is 5. The zero-order valence-corrected chi connectivity index (χ0v) is 22.2. The van der Waals surface area contributed by atoms with Crippen LogP contribution in [0.4, 0.5) is 4.79 Å². The van der Waals surface area contributed by atoms with Gasteiger partial charge in [0.25, 0.3) is 0 Å². The van der Waals surface area contributed by atoms with E-state index in [-0.39, 0.29) is 36.1 Å². The second-order valence-electron chi connectivity index (χ2n) is 8.05. The van der Waals surface area contributed by atoms with Gasteiger partial charge in [-0.15, -0.1) is 35.3 Å². The summed E-state index contributed by atoms with van der Waals surface area (Å²) in [7, 11) is 1.76. The molecular formula is C20H38IN5O2S. The zero-order valence-electron chi connectivity index (χ0n) is 19.1. The molecule has 2 N–H and O–H groups in total. The van der Waals surface area contributed by atoms with Crippen LogP contribution in [0.15, 0.2) is 4.99 Å². The van der Waals surface area contributed by atoms with E-state index in [1.807, 2.05) is 41.5 Å². The zero-order chi connectivity index (χ0) is 21.3. The standard InChI is InChI=1S/C20H37N5O2S.HI/c1-14(2)25(19(26)27-20(5,6)7)13-9-11-22-18(21-8)23-12-10-17-24-15(3)16(4)28-17;/h14H,9-13H2,1-8H3,(H2,21,22,23);1H. The number of amides is 1. The van der Waals surface area contributed by atoms with Crippen molar-refractivity contribution in [2.75, 3.05) is 26.7 Å². The highest BCUT2D eigenvalue weighted by Crippen LogP contribution is 2.16. The smallest absolute Gasteiger partial charge is 0.410 e. The average molecular weight is 540 g/mol. The third-order valence-electron chi connectivity index (χ3n) is 4.05. The first kappa shape index (κ1) is 27.9. The van der Waals surface area contributed by atoms with Gasteiger partial charge in [0.15, 0.2) is 5.96 Å². The van der Waals surface area contributed by atoms with Gasteiger partial charge in [-0.05, 0) is 54.9 Å². The Kier molecular flexibility index (Phi) is 12.7. The van der Waals surface area contributed by atoms with Gasteiger partial charge >= 0.3 is 6.09 Å². The Morgan fingerprint density at radius 3 is 2.34 bits per heavy atom. The number of aromatic nitrogens is 1. The Morgan fingerprint density at radius 2 is 1.86 bits per heavy atom. The number of halogens is 1. The molecule has 168 valence electrons. The van der Waals surface area contributed by atoms with Crippen LogP contribution in [0.2, 0.25) is 0 Å². The van der Waals surface area contributed by atoms with E-state index >= 15 is 0 Å². The van der Waals surface area contributed by atoms with Crippen molar-refractivity contribution in [1.29, 1.82) is 0 Å². The first-order valence-electron chi connectivity index (χ1n) is 9.90. The Labute approximate surface area is 197 Å². The Hall–Kier alpha value is -1.10. The number of rotatable bonds is 8. The van der Waals surface area contributed by atoms with E-state index in [0.29, 0.717) is 6.54 Å². The van der Waals surface area contributed by atoms with Crippen LogP contribution in [0.3, 0.4) is 0 Å². The quantitative estimate of drug-likeness (QED) is 0.225. The van der Waals surface area contributed by atoms with Crippen molar-refractivity contribution in [2.45, 2.75) is 73.0 Å². The number of aliphatic imine (C=N–C) groups is 1. The summed E-state index contributed by atoms with van der Waals surface area (Å²) < 4.78 is 5.49. The molecule has 7 nitrogen and oxygen atoms in total. The second kappa shape index (κ2) is 13.3. The van der Waals surface area contributed by atoms with Crippen LogP contribution in [0.25, 0.3) is 0 Å². The van der Waals surface area contributed by atoms with Gasteiger partial charge in [-0.1, -0.05) is 0 Å². The minimum atomic E-state index is -0.483. The molecule has 0 aliphatic carbocycles. The van der Waals surface area contributed by atoms with Crippen LogP contribution in [0, 0.1) is 13.8 Å². The summed E-state index contributed by atoms with van der Waals surface area (Å²) in [6.07, 6.45) is 1.42. The fourth-order valence-corrected chi connectivity index (χ4v) is 3.43. The summed E-state index contributed by atoms with van der Waals surface area (Å²) in [6, 6.07) is 0.0949. The van der Waals surface area contributed by atoms with Crippen molar-refractivity contribution in [2.24, 2.45) is 4.99 Å². The highest BCUT2D eigenvalue weighted by atomic mass is 127. The molecule has 1 rings (SSSR count). The molecule has 0 bridgehead atoms. The lowest BCUT2D eigenvalue weighted by molar-refractivity contribution is 0.0190. The SMILES string of the molecule is CN=C(NCCCN(C(=O)OC(C)(C)C)C(C)C)NCCc1nc(C)c(C)s1.I. The highest BCUT2D eigenvalue weighted by molar-refractivity contribution is 14.0. The molecule has 0 atom stereocenters. The minimum Gasteiger partial charge on any atom is -0.444 e. The van der Waals surface area contributed by atoms with E-state index in [2.05, 4.69) is 27.5 Å². The van der Waals surface area contributed by atoms with Gasteiger partial charge in [0, 0.05) is 44.0 Å². The molecule has 1 aromatic heterocycles. The van der Waals surface area contributed by atoms with Crippen LogP contribution in [-0.2, 0) is 11.2 Å². The lowest BCUT2D eigenvalue weighted by atomic mass is 10.2. The molecule has 0 aromatic carbocycles. The number of nitrogens with one attached hydrogen (secondary N) is 2. The second-order valence-corrected chi connectivity index (χ2v) is 9.33. The molecule has 0 aliphatic heterocycles. The summed E-state index contributed by atoms with van der Waals surface area (Å²) in [5.74, 6) is 0.762. The van der Waals surface area contributed by atoms with E-state index in [0.717, 1.165) is 42.6 Å². The van der Waals surface area contributed by atoms with Gasteiger partial charge in [0.1, 0.15) is 5.60 Å². The molecule has 0 radical (unpaired) electrons. The summed E-state index contributed by atoms with van der Waals surface area (Å²) in [5, 5.41) is 7.75. The molecule has 0 saturated carbocycles. The number of ether oxygens (including phenoxy) is 1. The molecular weight excluding hydrogens is 501 g/mol. The summed E-state index contributed by atoms with van der Waals surface area (Å²) in [6.45, 7) is 15.9. The molecule has 0 aliphatic rings. The fraction of sp³-hybridized carbons (Fsp3) is 0.750. The maximum Gasteiger partial charge on any atom is 0.410 e. The van der Waals surface area contributed by atoms with E-state index in [1.54, 1.807) is 23.3 Å². The first-order valence-corrected chi connectivity index (χ1v) is 10.7. The van der Waals surface area contributed by atoms with Crippen LogP contribution < -0.4 is 10.6 Å². The number of carbonyl (C=O) groups is 1. The first-order chi connectivity index (χ1) is 13.0. The van der Waals surface area contributed by atoms with Gasteiger partial charge in [-0.3, -0.25) is 4.99 Å². The van der Waals surface area contributed by atoms with Crippen LogP contribution >= 0.6 is 35.3 Å². The summed E-state index contributed by atoms with van der Waals surface area (Å²) >= 11 is 1.75. The number of thiazole rings is 1. The normalized spacial score (nSPS) is 11.8. The average Bonchev–Trinajstić information content (AvgIpc) is 2.88. The summed E-state index contributed by atoms with van der Waals surface area (Å²) in [5.41, 5.74) is 0.630. The largest absolute Gasteiger partial charge is 0.444 e. The van der Waals surface area contributed by atoms with Crippen molar-refractivity contribution in [3.8, 4) is 0 Å². The third-order valence-corrected chi connectivity index (χ3v) is 5.18. The fourth-order valence-electron chi connectivity index (χ4n) is 2.49. The Morgan fingerprint density at radius 1 is 1.24 bits per heavy atom. The maximum atomic E-state index is 12.3. The van der Waals surface area contributed by atoms with Crippen molar-refractivity contribution < 1.29 is 9.53 Å². The number of hydrogen-bond donors (Lipinski definition) is 2. The van der Waals surface area contributed by atoms with Crippen molar-refractivity contribution >= 4 is 47.4 Å². The van der Waals surface area contributed by atoms with E-state index < -0.39 is 5.60 Å². The van der Waals surface area contributed by atoms with E-state index in [9.17, 15) is 4.79 Å². The monoisotopic (exact) mass is 539 g/mol. The van der Waals surface area contributed by atoms with Crippen molar-refractivity contribution in [3.63, 3.8) is 0 Å².